The topological polar surface area (TPSA) is 0 Å². The zero-order valence-corrected chi connectivity index (χ0v) is 14.0. The Kier molecular flexibility index (Phi) is 1.02. The van der Waals surface area contributed by atoms with Crippen molar-refractivity contribution in [3.8, 4) is 0 Å². The summed E-state index contributed by atoms with van der Waals surface area (Å²) in [7, 11) is 0. The van der Waals surface area contributed by atoms with Crippen molar-refractivity contribution in [3.63, 3.8) is 0 Å². The first-order valence-electron chi connectivity index (χ1n) is 18.5. The van der Waals surface area contributed by atoms with Crippen LogP contribution in [-0.2, 0) is 0 Å². The molecule has 0 heterocycles. The Morgan fingerprint density at radius 2 is 0.500 bits per heavy atom. The smallest absolute Gasteiger partial charge is 0.0620 e. The Morgan fingerprint density at radius 1 is 0.357 bits per heavy atom. The quantitative estimate of drug-likeness (QED) is 0.326. The molecule has 0 unspecified atom stereocenters. The summed E-state index contributed by atoms with van der Waals surface area (Å²) in [6, 6.07) is -16.2. The minimum Gasteiger partial charge on any atom is -0.0620 e. The Hall–Kier alpha value is -3.12. The molecule has 4 aromatic carbocycles. The summed E-state index contributed by atoms with van der Waals surface area (Å²) in [5, 5.41) is 0. The predicted molar refractivity (Wildman–Crippen MR) is 113 cm³/mol. The van der Waals surface area contributed by atoms with E-state index in [9.17, 15) is 5.48 Å². The minimum atomic E-state index is -3.32. The largest absolute Gasteiger partial charge is 0.0626 e. The summed E-state index contributed by atoms with van der Waals surface area (Å²) in [4.78, 5) is 0. The third kappa shape index (κ3) is 1.67. The summed E-state index contributed by atoms with van der Waals surface area (Å²) in [5.41, 5.74) is -7.19. The normalized spacial score (nSPS) is 45.7. The SMILES string of the molecule is [2H]c1c([2H])c([2H])c2c(c1[2H])C1([2H])c3c([2H])c([2H])c([2H])c([2H])c3C2([2H])C2([2H])c3c([2H])c([2H])c([2H])c([2H])c3C1([2H])c1c([2H])c([2H])c([2H])c([2H])c12. The summed E-state index contributed by atoms with van der Waals surface area (Å²) in [6.45, 7) is 0. The zero-order valence-electron chi connectivity index (χ0n) is 34.0. The van der Waals surface area contributed by atoms with Gasteiger partial charge in [0.2, 0.25) is 0 Å². The second kappa shape index (κ2) is 5.23. The second-order valence-electron chi connectivity index (χ2n) is 6.50. The molecule has 0 atom stereocenters. The maximum Gasteiger partial charge on any atom is 0.0626 e. The van der Waals surface area contributed by atoms with Gasteiger partial charge in [-0.2, -0.15) is 0 Å². The minimum absolute atomic E-state index is 0.899. The lowest BCUT2D eigenvalue weighted by Gasteiger charge is -2.50. The maximum absolute atomic E-state index is 10.4. The molecule has 0 heteroatoms. The lowest BCUT2D eigenvalue weighted by atomic mass is 9.53. The molecule has 0 N–H and O–H groups in total. The molecule has 0 aromatic heterocycles. The van der Waals surface area contributed by atoms with E-state index in [4.69, 9.17) is 21.9 Å². The van der Waals surface area contributed by atoms with Gasteiger partial charge in [0.15, 0.2) is 0 Å². The number of hydrogen-bond donors (Lipinski definition) is 0. The van der Waals surface area contributed by atoms with E-state index >= 15 is 0 Å². The van der Waals surface area contributed by atoms with Crippen LogP contribution in [0.25, 0.3) is 0 Å². The predicted octanol–water partition coefficient (Wildman–Crippen LogP) is 6.55. The lowest BCUT2D eigenvalue weighted by molar-refractivity contribution is 0.529. The molecule has 10 rings (SSSR count). The van der Waals surface area contributed by atoms with Crippen LogP contribution in [0.1, 0.15) is 95.5 Å². The summed E-state index contributed by atoms with van der Waals surface area (Å²) >= 11 is 0. The summed E-state index contributed by atoms with van der Waals surface area (Å²) in [6.07, 6.45) is 0. The molecule has 0 fully saturated rings. The third-order valence-electron chi connectivity index (χ3n) is 5.25. The molecule has 0 radical (unpaired) electrons. The van der Waals surface area contributed by atoms with Gasteiger partial charge in [-0.25, -0.2) is 0 Å². The number of rotatable bonds is 0. The van der Waals surface area contributed by atoms with Gasteiger partial charge in [0, 0.05) is 29.1 Å². The standard InChI is InChI=1S/C28H20/c1-2-10-18-17(9-1)25-19-11-3-4-12-20(19)26(18)28-23-15-7-5-13-21(23)27(25)22-14-6-8-16-24(22)28/h1-16,25-28H/i1D,2D,3D,4D,5D,6D,7D,8D,9D,10D,11D,12D,13D,14D,15D,16D,25D,26D,27D,28D. The van der Waals surface area contributed by atoms with Crippen molar-refractivity contribution in [2.75, 3.05) is 0 Å². The van der Waals surface area contributed by atoms with E-state index in [2.05, 4.69) is 0 Å². The molecule has 6 aliphatic carbocycles. The molecule has 0 saturated carbocycles. The molecule has 132 valence electrons. The van der Waals surface area contributed by atoms with Gasteiger partial charge in [0.25, 0.3) is 0 Å². The van der Waals surface area contributed by atoms with Crippen molar-refractivity contribution in [1.29, 1.82) is 0 Å². The Balaban J connectivity index is 2.01. The van der Waals surface area contributed by atoms with Crippen LogP contribution in [-0.4, -0.2) is 0 Å². The molecular formula is C28H20. The van der Waals surface area contributed by atoms with Gasteiger partial charge < -0.3 is 0 Å². The highest BCUT2D eigenvalue weighted by molar-refractivity contribution is 5.67. The molecule has 0 aliphatic heterocycles. The van der Waals surface area contributed by atoms with Crippen LogP contribution in [0.4, 0.5) is 0 Å². The fraction of sp³-hybridized carbons (Fsp3) is 0.143. The van der Waals surface area contributed by atoms with Gasteiger partial charge in [0.1, 0.15) is 0 Å². The van der Waals surface area contributed by atoms with Gasteiger partial charge in [-0.1, -0.05) is 96.7 Å². The highest BCUT2D eigenvalue weighted by Crippen LogP contribution is 2.63. The monoisotopic (exact) mass is 376 g/mol. The van der Waals surface area contributed by atoms with Crippen molar-refractivity contribution in [1.82, 2.24) is 0 Å². The van der Waals surface area contributed by atoms with Gasteiger partial charge in [0.05, 0.1) is 21.9 Å². The highest BCUT2D eigenvalue weighted by atomic mass is 14.5. The Bertz CT molecular complexity index is 1810. The molecule has 4 bridgehead atoms. The first-order chi connectivity index (χ1) is 22.0. The number of hydrogen-bond acceptors (Lipinski definition) is 0. The molecule has 6 aliphatic rings. The van der Waals surface area contributed by atoms with E-state index in [1.165, 1.54) is 0 Å². The molecule has 28 heavy (non-hydrogen) atoms. The van der Waals surface area contributed by atoms with E-state index in [-0.39, 0.29) is 0 Å². The summed E-state index contributed by atoms with van der Waals surface area (Å²) in [5.74, 6) is -13.3. The fourth-order valence-electron chi connectivity index (χ4n) is 4.25. The fourth-order valence-corrected chi connectivity index (χ4v) is 4.25. The average Bonchev–Trinajstić information content (AvgIpc) is 3.04. The maximum atomic E-state index is 10.4. The van der Waals surface area contributed by atoms with Crippen LogP contribution in [0.15, 0.2) is 96.7 Å². The van der Waals surface area contributed by atoms with E-state index in [1.807, 2.05) is 0 Å². The van der Waals surface area contributed by atoms with Gasteiger partial charge in [-0.15, -0.1) is 0 Å². The molecule has 0 amide bonds. The Labute approximate surface area is 193 Å². The van der Waals surface area contributed by atoms with Crippen molar-refractivity contribution < 1.29 is 27.4 Å². The van der Waals surface area contributed by atoms with Crippen LogP contribution in [0.2, 0.25) is 0 Å². The highest BCUT2D eigenvalue weighted by Gasteiger charge is 2.49. The van der Waals surface area contributed by atoms with E-state index < -0.39 is 165 Å². The van der Waals surface area contributed by atoms with Crippen LogP contribution >= 0.6 is 0 Å². The molecule has 0 saturated heterocycles. The first-order valence-corrected chi connectivity index (χ1v) is 8.50. The molecule has 4 aromatic rings. The molecule has 0 spiro atoms. The molecular weight excluding hydrogens is 336 g/mol. The van der Waals surface area contributed by atoms with Crippen molar-refractivity contribution in [2.24, 2.45) is 0 Å². The van der Waals surface area contributed by atoms with Crippen molar-refractivity contribution in [2.45, 2.75) is 23.6 Å². The third-order valence-corrected chi connectivity index (χ3v) is 5.25. The van der Waals surface area contributed by atoms with Crippen LogP contribution < -0.4 is 0 Å². The molecule has 0 nitrogen and oxygen atoms in total. The van der Waals surface area contributed by atoms with Gasteiger partial charge in [-0.3, -0.25) is 0 Å². The lowest BCUT2D eigenvalue weighted by Crippen LogP contribution is -2.35. The average molecular weight is 377 g/mol. The second-order valence-corrected chi connectivity index (χ2v) is 6.50. The zero-order chi connectivity index (χ0) is 35.9. The van der Waals surface area contributed by atoms with E-state index in [0.717, 1.165) is 0 Å². The van der Waals surface area contributed by atoms with Crippen LogP contribution in [0.5, 0.6) is 0 Å². The van der Waals surface area contributed by atoms with Crippen molar-refractivity contribution >= 4 is 0 Å². The van der Waals surface area contributed by atoms with Crippen molar-refractivity contribution in [3.05, 3.63) is 141 Å². The van der Waals surface area contributed by atoms with E-state index in [0.29, 0.717) is 0 Å². The number of benzene rings is 4. The van der Waals surface area contributed by atoms with Gasteiger partial charge >= 0.3 is 0 Å². The summed E-state index contributed by atoms with van der Waals surface area (Å²) < 4.78 is 182. The van der Waals surface area contributed by atoms with Crippen LogP contribution in [0.3, 0.4) is 0 Å². The first kappa shape index (κ1) is 5.48. The Morgan fingerprint density at radius 3 is 0.643 bits per heavy atom. The van der Waals surface area contributed by atoms with Crippen LogP contribution in [0, 0.1) is 0 Å². The van der Waals surface area contributed by atoms with Gasteiger partial charge in [-0.05, 0) is 44.5 Å². The van der Waals surface area contributed by atoms with E-state index in [1.54, 1.807) is 0 Å².